The number of hydrogen-bond acceptors (Lipinski definition) is 4. The quantitative estimate of drug-likeness (QED) is 0.142. The Hall–Kier alpha value is -4.88. The molecule has 0 unspecified atom stereocenters. The Labute approximate surface area is 321 Å². The van der Waals surface area contributed by atoms with E-state index in [2.05, 4.69) is 182 Å². The number of benzene rings is 5. The van der Waals surface area contributed by atoms with Crippen LogP contribution in [0.15, 0.2) is 176 Å². The van der Waals surface area contributed by atoms with Gasteiger partial charge in [-0.2, -0.15) is 0 Å². The summed E-state index contributed by atoms with van der Waals surface area (Å²) in [5.74, 6) is 0. The number of rotatable bonds is 7. The van der Waals surface area contributed by atoms with Gasteiger partial charge < -0.3 is 0 Å². The molecular weight excluding hydrogens is 721 g/mol. The van der Waals surface area contributed by atoms with Gasteiger partial charge >= 0.3 is 0 Å². The molecule has 5 aromatic carbocycles. The molecule has 4 aromatic heterocycles. The maximum absolute atomic E-state index is 2.65. The van der Waals surface area contributed by atoms with Crippen molar-refractivity contribution in [3.05, 3.63) is 197 Å². The first-order chi connectivity index (χ1) is 25.6. The van der Waals surface area contributed by atoms with Gasteiger partial charge in [0, 0.05) is 38.7 Å². The first kappa shape index (κ1) is 31.8. The van der Waals surface area contributed by atoms with Crippen LogP contribution in [0.25, 0.3) is 61.2 Å². The molecule has 10 rings (SSSR count). The van der Waals surface area contributed by atoms with Gasteiger partial charge in [-0.25, -0.2) is 0 Å². The monoisotopic (exact) mass is 752 g/mol. The molecule has 0 saturated carbocycles. The van der Waals surface area contributed by atoms with Crippen molar-refractivity contribution in [1.82, 2.24) is 0 Å². The van der Waals surface area contributed by atoms with Crippen molar-refractivity contribution in [2.75, 3.05) is 0 Å². The van der Waals surface area contributed by atoms with Gasteiger partial charge in [0.2, 0.25) is 0 Å². The molecule has 1 aliphatic rings. The van der Waals surface area contributed by atoms with Crippen molar-refractivity contribution in [2.24, 2.45) is 0 Å². The van der Waals surface area contributed by atoms with Gasteiger partial charge in [-0.1, -0.05) is 134 Å². The minimum Gasteiger partial charge on any atom is -0.135 e. The summed E-state index contributed by atoms with van der Waals surface area (Å²) >= 11 is 7.71. The van der Waals surface area contributed by atoms with Gasteiger partial charge in [0.05, 0.1) is 0 Å². The SMILES string of the molecule is C[Si]1(c2ccccc2)C(c2ccc(-c3cc4ccccc4s3)s2)=C(c2ccccc2)C(c2ccccc2)=C1c1ccc(-c2cc3ccccc3s2)s1. The highest BCUT2D eigenvalue weighted by Crippen LogP contribution is 2.58. The lowest BCUT2D eigenvalue weighted by Gasteiger charge is -2.30. The second-order valence-electron chi connectivity index (χ2n) is 13.3. The second-order valence-corrected chi connectivity index (χ2v) is 21.5. The van der Waals surface area contributed by atoms with Crippen molar-refractivity contribution in [3.63, 3.8) is 0 Å². The summed E-state index contributed by atoms with van der Waals surface area (Å²) in [6.07, 6.45) is 0. The van der Waals surface area contributed by atoms with Gasteiger partial charge in [0.25, 0.3) is 0 Å². The molecule has 9 aromatic rings. The molecule has 0 spiro atoms. The van der Waals surface area contributed by atoms with E-state index in [9.17, 15) is 0 Å². The van der Waals surface area contributed by atoms with E-state index < -0.39 is 8.07 Å². The summed E-state index contributed by atoms with van der Waals surface area (Å²) < 4.78 is 2.67. The molecule has 0 amide bonds. The van der Waals surface area contributed by atoms with Crippen LogP contribution in [-0.2, 0) is 0 Å². The van der Waals surface area contributed by atoms with Crippen molar-refractivity contribution >= 4 is 100 Å². The van der Waals surface area contributed by atoms with E-state index in [1.807, 2.05) is 45.3 Å². The zero-order valence-corrected chi connectivity index (χ0v) is 32.6. The van der Waals surface area contributed by atoms with Crippen LogP contribution in [0.4, 0.5) is 0 Å². The summed E-state index contributed by atoms with van der Waals surface area (Å²) in [5.41, 5.74) is 5.31. The van der Waals surface area contributed by atoms with Gasteiger partial charge in [-0.3, -0.25) is 0 Å². The van der Waals surface area contributed by atoms with Crippen LogP contribution in [0.1, 0.15) is 20.9 Å². The third-order valence-electron chi connectivity index (χ3n) is 10.3. The number of allylic oxidation sites excluding steroid dienone is 2. The lowest BCUT2D eigenvalue weighted by molar-refractivity contribution is 1.60. The van der Waals surface area contributed by atoms with E-state index in [1.54, 1.807) is 0 Å². The van der Waals surface area contributed by atoms with Crippen LogP contribution >= 0.6 is 45.3 Å². The smallest absolute Gasteiger partial charge is 0.135 e. The van der Waals surface area contributed by atoms with Crippen LogP contribution in [0.2, 0.25) is 6.55 Å². The maximum atomic E-state index is 2.61. The van der Waals surface area contributed by atoms with Gasteiger partial charge in [0.1, 0.15) is 0 Å². The summed E-state index contributed by atoms with van der Waals surface area (Å²) in [4.78, 5) is 8.08. The van der Waals surface area contributed by atoms with Crippen LogP contribution < -0.4 is 5.19 Å². The fraction of sp³-hybridized carbons (Fsp3) is 0.0213. The second kappa shape index (κ2) is 13.0. The first-order valence-corrected chi connectivity index (χ1v) is 23.3. The highest BCUT2D eigenvalue weighted by molar-refractivity contribution is 7.31. The van der Waals surface area contributed by atoms with E-state index in [-0.39, 0.29) is 0 Å². The van der Waals surface area contributed by atoms with E-state index in [0.29, 0.717) is 0 Å². The molecule has 0 fully saturated rings. The van der Waals surface area contributed by atoms with Gasteiger partial charge in [0.15, 0.2) is 8.07 Å². The van der Waals surface area contributed by atoms with Crippen molar-refractivity contribution in [3.8, 4) is 19.5 Å². The molecule has 0 atom stereocenters. The third-order valence-corrected chi connectivity index (χ3v) is 20.0. The largest absolute Gasteiger partial charge is 0.150 e. The molecule has 0 bridgehead atoms. The van der Waals surface area contributed by atoms with E-state index >= 15 is 0 Å². The summed E-state index contributed by atoms with van der Waals surface area (Å²) in [7, 11) is -2.65. The summed E-state index contributed by atoms with van der Waals surface area (Å²) in [6.45, 7) is 2.61. The number of hydrogen-bond donors (Lipinski definition) is 0. The lowest BCUT2D eigenvalue weighted by Crippen LogP contribution is -2.46. The molecule has 0 nitrogen and oxygen atoms in total. The highest BCUT2D eigenvalue weighted by Gasteiger charge is 2.49. The molecule has 52 heavy (non-hydrogen) atoms. The molecule has 5 heteroatoms. The molecule has 248 valence electrons. The van der Waals surface area contributed by atoms with Crippen LogP contribution in [-0.4, -0.2) is 8.07 Å². The van der Waals surface area contributed by atoms with E-state index in [0.717, 1.165) is 0 Å². The van der Waals surface area contributed by atoms with Gasteiger partial charge in [-0.15, -0.1) is 45.3 Å². The Morgan fingerprint density at radius 2 is 0.731 bits per heavy atom. The predicted molar refractivity (Wildman–Crippen MR) is 234 cm³/mol. The fourth-order valence-electron chi connectivity index (χ4n) is 7.88. The molecule has 5 heterocycles. The Morgan fingerprint density at radius 3 is 1.17 bits per heavy atom. The highest BCUT2D eigenvalue weighted by atomic mass is 32.1. The van der Waals surface area contributed by atoms with Crippen molar-refractivity contribution in [2.45, 2.75) is 6.55 Å². The zero-order valence-electron chi connectivity index (χ0n) is 28.4. The minimum absolute atomic E-state index is 1.28. The van der Waals surface area contributed by atoms with Crippen molar-refractivity contribution < 1.29 is 0 Å². The number of fused-ring (bicyclic) bond motifs is 2. The molecule has 0 saturated heterocycles. The fourth-order valence-corrected chi connectivity index (χ4v) is 18.0. The molecular formula is C47H32S4Si. The Kier molecular flexibility index (Phi) is 7.93. The Morgan fingerprint density at radius 1 is 0.346 bits per heavy atom. The minimum atomic E-state index is -2.65. The van der Waals surface area contributed by atoms with Crippen molar-refractivity contribution in [1.29, 1.82) is 0 Å². The zero-order chi connectivity index (χ0) is 34.6. The van der Waals surface area contributed by atoms with E-state index in [1.165, 1.54) is 87.3 Å². The predicted octanol–water partition coefficient (Wildman–Crippen LogP) is 14.2. The molecule has 1 aliphatic heterocycles. The average Bonchev–Trinajstić information content (AvgIpc) is 4.04. The van der Waals surface area contributed by atoms with Crippen LogP contribution in [0.5, 0.6) is 0 Å². The molecule has 0 radical (unpaired) electrons. The molecule has 0 N–H and O–H groups in total. The summed E-state index contributed by atoms with van der Waals surface area (Å²) in [5, 5.41) is 7.08. The average molecular weight is 753 g/mol. The van der Waals surface area contributed by atoms with Gasteiger partial charge in [-0.05, 0) is 97.2 Å². The van der Waals surface area contributed by atoms with E-state index in [4.69, 9.17) is 0 Å². The number of thiophene rings is 4. The lowest BCUT2D eigenvalue weighted by atomic mass is 9.91. The Bertz CT molecular complexity index is 2550. The normalized spacial score (nSPS) is 14.2. The molecule has 0 aliphatic carbocycles. The van der Waals surface area contributed by atoms with Crippen LogP contribution in [0, 0.1) is 0 Å². The first-order valence-electron chi connectivity index (χ1n) is 17.5. The van der Waals surface area contributed by atoms with Crippen LogP contribution in [0.3, 0.4) is 0 Å². The maximum Gasteiger partial charge on any atom is 0.150 e. The summed E-state index contributed by atoms with van der Waals surface area (Å²) in [6, 6.07) is 65.6. The standard InChI is InChI=1S/C47H32S4Si/c1-52(35-21-9-4-10-22-35)46(40-27-25-38(50-40)42-29-33-19-11-13-23-36(33)48-42)44(31-15-5-2-6-16-31)45(32-17-7-3-8-18-32)47(52)41-28-26-39(51-41)43-30-34-20-12-14-24-37(34)49-43/h2-30H,1H3. The topological polar surface area (TPSA) is 0 Å². The third kappa shape index (κ3) is 5.27. The Balaban J connectivity index is 1.25.